The first-order valence-electron chi connectivity index (χ1n) is 5.77. The molecule has 0 aromatic rings. The van der Waals surface area contributed by atoms with Gasteiger partial charge in [-0.2, -0.15) is 0 Å². The third-order valence-corrected chi connectivity index (χ3v) is 3.06. The Morgan fingerprint density at radius 2 is 2.44 bits per heavy atom. The van der Waals surface area contributed by atoms with Crippen LogP contribution in [0.1, 0.15) is 26.2 Å². The zero-order chi connectivity index (χ0) is 13.3. The van der Waals surface area contributed by atoms with Crippen molar-refractivity contribution in [3.8, 4) is 0 Å². The number of hydrogen-bond acceptors (Lipinski definition) is 5. The van der Waals surface area contributed by atoms with Crippen molar-refractivity contribution in [2.75, 3.05) is 6.61 Å². The van der Waals surface area contributed by atoms with Gasteiger partial charge in [0.1, 0.15) is 0 Å². The Morgan fingerprint density at radius 3 is 2.94 bits per heavy atom. The Morgan fingerprint density at radius 1 is 1.72 bits per heavy atom. The van der Waals surface area contributed by atoms with E-state index in [0.717, 1.165) is 0 Å². The summed E-state index contributed by atoms with van der Waals surface area (Å²) < 4.78 is 10.4. The Labute approximate surface area is 104 Å². The highest BCUT2D eigenvalue weighted by molar-refractivity contribution is 5.85. The van der Waals surface area contributed by atoms with Crippen LogP contribution in [0, 0.1) is 0 Å². The summed E-state index contributed by atoms with van der Waals surface area (Å²) in [4.78, 5) is 23.8. The first-order valence-corrected chi connectivity index (χ1v) is 5.77. The molecule has 0 spiro atoms. The minimum Gasteiger partial charge on any atom is -0.468 e. The van der Waals surface area contributed by atoms with E-state index in [1.807, 2.05) is 6.92 Å². The number of carbonyl (C=O) groups excluding carboxylic acids is 1. The quantitative estimate of drug-likeness (QED) is 0.566. The van der Waals surface area contributed by atoms with Gasteiger partial charge in [0.15, 0.2) is 12.0 Å². The molecule has 1 amide bonds. The van der Waals surface area contributed by atoms with Crippen LogP contribution in [0.4, 0.5) is 4.79 Å². The fourth-order valence-corrected chi connectivity index (χ4v) is 2.44. The zero-order valence-electron chi connectivity index (χ0n) is 9.96. The minimum absolute atomic E-state index is 0.199. The first-order chi connectivity index (χ1) is 8.55. The van der Waals surface area contributed by atoms with Gasteiger partial charge in [-0.15, -0.1) is 0 Å². The average Bonchev–Trinajstić information content (AvgIpc) is 2.47. The van der Waals surface area contributed by atoms with Crippen molar-refractivity contribution >= 4 is 12.1 Å². The van der Waals surface area contributed by atoms with Crippen LogP contribution in [0.3, 0.4) is 0 Å². The van der Waals surface area contributed by atoms with Crippen LogP contribution in [0.5, 0.6) is 0 Å². The molecule has 2 saturated heterocycles. The summed E-state index contributed by atoms with van der Waals surface area (Å²) in [6.45, 7) is 1.54. The summed E-state index contributed by atoms with van der Waals surface area (Å²) in [5, 5.41) is 17.8. The lowest BCUT2D eigenvalue weighted by molar-refractivity contribution is -0.180. The maximum absolute atomic E-state index is 11.6. The number of amides is 1. The molecule has 0 aliphatic carbocycles. The number of hydrogen-bond donors (Lipinski definition) is 2. The maximum Gasteiger partial charge on any atom is 0.508 e. The molecule has 18 heavy (non-hydrogen) atoms. The van der Waals surface area contributed by atoms with E-state index in [-0.39, 0.29) is 24.7 Å². The number of ether oxygens (including phenoxy) is 2. The van der Waals surface area contributed by atoms with E-state index in [1.54, 1.807) is 0 Å². The predicted molar refractivity (Wildman–Crippen MR) is 58.3 cm³/mol. The molecule has 2 aliphatic rings. The van der Waals surface area contributed by atoms with Crippen LogP contribution >= 0.6 is 0 Å². The Kier molecular flexibility index (Phi) is 3.16. The van der Waals surface area contributed by atoms with Crippen LogP contribution in [0.15, 0.2) is 11.8 Å². The van der Waals surface area contributed by atoms with Crippen molar-refractivity contribution in [3.05, 3.63) is 11.8 Å². The molecule has 2 atom stereocenters. The van der Waals surface area contributed by atoms with Crippen LogP contribution in [-0.4, -0.2) is 45.7 Å². The number of nitrogens with zero attached hydrogens (tertiary/aromatic N) is 1. The molecule has 2 heterocycles. The molecule has 2 N–H and O–H groups in total. The van der Waals surface area contributed by atoms with E-state index in [2.05, 4.69) is 0 Å². The summed E-state index contributed by atoms with van der Waals surface area (Å²) >= 11 is 0. The van der Waals surface area contributed by atoms with Gasteiger partial charge in [-0.05, 0) is 12.5 Å². The minimum atomic E-state index is -1.48. The summed E-state index contributed by atoms with van der Waals surface area (Å²) in [7, 11) is 0. The van der Waals surface area contributed by atoms with Gasteiger partial charge in [0.25, 0.3) is 5.72 Å². The van der Waals surface area contributed by atoms with E-state index < -0.39 is 18.1 Å². The molecule has 0 aromatic heterocycles. The van der Waals surface area contributed by atoms with Gasteiger partial charge in [0.05, 0.1) is 13.0 Å². The summed E-state index contributed by atoms with van der Waals surface area (Å²) in [5.41, 5.74) is -1.41. The number of β-lactam (4-membered cyclic amide) rings is 1. The summed E-state index contributed by atoms with van der Waals surface area (Å²) in [5.74, 6) is -0.0128. The third kappa shape index (κ3) is 1.71. The molecule has 7 nitrogen and oxygen atoms in total. The second kappa shape index (κ2) is 4.49. The van der Waals surface area contributed by atoms with Crippen molar-refractivity contribution in [2.45, 2.75) is 38.1 Å². The highest BCUT2D eigenvalue weighted by Gasteiger charge is 2.62. The van der Waals surface area contributed by atoms with Gasteiger partial charge in [0, 0.05) is 6.42 Å². The topological polar surface area (TPSA) is 96.3 Å². The molecule has 2 rings (SSSR count). The van der Waals surface area contributed by atoms with Gasteiger partial charge in [0.2, 0.25) is 5.91 Å². The fourth-order valence-electron chi connectivity index (χ4n) is 2.44. The van der Waals surface area contributed by atoms with Crippen molar-refractivity contribution in [2.24, 2.45) is 0 Å². The standard InChI is InChI=1S/C11H15NO6/c1-2-4-11(18-10(15)16)7(3-5-13)17-9-6-8(14)12(9)11/h3,9,13H,2,4-6H2,1H3,(H,15,16)/b7-3-/t9-,11?/m1/s1. The molecule has 0 aromatic carbocycles. The van der Waals surface area contributed by atoms with Gasteiger partial charge in [-0.1, -0.05) is 6.92 Å². The Bertz CT molecular complexity index is 406. The number of fused-ring (bicyclic) bond motifs is 1. The van der Waals surface area contributed by atoms with Gasteiger partial charge in [-0.3, -0.25) is 9.69 Å². The smallest absolute Gasteiger partial charge is 0.468 e. The molecule has 0 bridgehead atoms. The Hall–Kier alpha value is -1.76. The number of rotatable bonds is 4. The van der Waals surface area contributed by atoms with Crippen LogP contribution in [0.2, 0.25) is 0 Å². The number of carboxylic acid groups (broad SMARTS) is 1. The summed E-state index contributed by atoms with van der Waals surface area (Å²) in [6.07, 6.45) is 0.488. The number of aliphatic hydroxyl groups is 1. The molecule has 2 aliphatic heterocycles. The molecule has 7 heteroatoms. The Balaban J connectivity index is 2.39. The van der Waals surface area contributed by atoms with E-state index in [0.29, 0.717) is 12.8 Å². The van der Waals surface area contributed by atoms with Gasteiger partial charge in [-0.25, -0.2) is 4.79 Å². The lowest BCUT2D eigenvalue weighted by atomic mass is 9.99. The monoisotopic (exact) mass is 257 g/mol. The third-order valence-electron chi connectivity index (χ3n) is 3.06. The normalized spacial score (nSPS) is 31.9. The first kappa shape index (κ1) is 12.7. The average molecular weight is 257 g/mol. The lowest BCUT2D eigenvalue weighted by Gasteiger charge is -2.41. The maximum atomic E-state index is 11.6. The highest BCUT2D eigenvalue weighted by atomic mass is 16.7. The van der Waals surface area contributed by atoms with Crippen LogP contribution in [-0.2, 0) is 14.3 Å². The lowest BCUT2D eigenvalue weighted by Crippen LogP contribution is -2.60. The highest BCUT2D eigenvalue weighted by Crippen LogP contribution is 2.47. The molecular weight excluding hydrogens is 242 g/mol. The van der Waals surface area contributed by atoms with E-state index in [1.165, 1.54) is 11.0 Å². The van der Waals surface area contributed by atoms with Crippen molar-refractivity contribution in [1.29, 1.82) is 0 Å². The van der Waals surface area contributed by atoms with Crippen molar-refractivity contribution in [3.63, 3.8) is 0 Å². The second-order valence-electron chi connectivity index (χ2n) is 4.19. The molecule has 100 valence electrons. The fraction of sp³-hybridized carbons (Fsp3) is 0.636. The number of carbonyl (C=O) groups is 2. The van der Waals surface area contributed by atoms with E-state index in [9.17, 15) is 9.59 Å². The zero-order valence-corrected chi connectivity index (χ0v) is 9.96. The van der Waals surface area contributed by atoms with Crippen molar-refractivity contribution in [1.82, 2.24) is 4.90 Å². The second-order valence-corrected chi connectivity index (χ2v) is 4.19. The SMILES string of the molecule is CCCC1(OC(=O)O)/C(=C/CO)O[C@@H]2CC(=O)N21. The predicted octanol–water partition coefficient (Wildman–Crippen LogP) is 0.642. The molecule has 1 unspecified atom stereocenters. The van der Waals surface area contributed by atoms with E-state index in [4.69, 9.17) is 19.7 Å². The van der Waals surface area contributed by atoms with Gasteiger partial charge < -0.3 is 19.7 Å². The molecule has 0 radical (unpaired) electrons. The molecule has 0 saturated carbocycles. The van der Waals surface area contributed by atoms with Crippen LogP contribution < -0.4 is 0 Å². The largest absolute Gasteiger partial charge is 0.508 e. The van der Waals surface area contributed by atoms with Gasteiger partial charge >= 0.3 is 6.16 Å². The summed E-state index contributed by atoms with van der Waals surface area (Å²) in [6, 6.07) is 0. The van der Waals surface area contributed by atoms with Crippen molar-refractivity contribution < 1.29 is 29.3 Å². The van der Waals surface area contributed by atoms with E-state index >= 15 is 0 Å². The van der Waals surface area contributed by atoms with Crippen LogP contribution in [0.25, 0.3) is 0 Å². The molecule has 2 fully saturated rings. The number of aliphatic hydroxyl groups excluding tert-OH is 1. The molecular formula is C11H15NO6.